The molecule has 4 nitrogen and oxygen atoms in total. The van der Waals surface area contributed by atoms with Gasteiger partial charge >= 0.3 is 0 Å². The zero-order valence-corrected chi connectivity index (χ0v) is 13.7. The molecule has 0 aromatic carbocycles. The first-order valence-corrected chi connectivity index (χ1v) is 7.81. The molecule has 1 aliphatic heterocycles. The first-order valence-electron chi connectivity index (χ1n) is 7.81. The van der Waals surface area contributed by atoms with Crippen molar-refractivity contribution in [1.82, 2.24) is 9.88 Å². The van der Waals surface area contributed by atoms with Gasteiger partial charge < -0.3 is 9.80 Å². The number of rotatable bonds is 3. The van der Waals surface area contributed by atoms with Gasteiger partial charge in [-0.3, -0.25) is 4.79 Å². The van der Waals surface area contributed by atoms with E-state index in [0.717, 1.165) is 38.4 Å². The van der Waals surface area contributed by atoms with Gasteiger partial charge in [-0.25, -0.2) is 4.98 Å². The first-order chi connectivity index (χ1) is 9.87. The fraction of sp³-hybridized carbons (Fsp3) is 0.647. The van der Waals surface area contributed by atoms with Crippen LogP contribution >= 0.6 is 0 Å². The number of amides is 1. The average Bonchev–Trinajstić information content (AvgIpc) is 2.45. The Morgan fingerprint density at radius 3 is 2.48 bits per heavy atom. The summed E-state index contributed by atoms with van der Waals surface area (Å²) in [4.78, 5) is 21.0. The van der Waals surface area contributed by atoms with Crippen LogP contribution in [0.3, 0.4) is 0 Å². The zero-order valence-electron chi connectivity index (χ0n) is 13.7. The standard InChI is InChI=1S/C17H27N3O/c1-14-6-5-9-18-16(14)20-12-10-19(11-13-20)15(21)7-8-17(2,3)4/h5-6,9H,7-8,10-13H2,1-4H3. The van der Waals surface area contributed by atoms with Gasteiger partial charge in [0.05, 0.1) is 0 Å². The summed E-state index contributed by atoms with van der Waals surface area (Å²) in [7, 11) is 0. The highest BCUT2D eigenvalue weighted by molar-refractivity contribution is 5.76. The molecule has 0 bridgehead atoms. The SMILES string of the molecule is Cc1cccnc1N1CCN(C(=O)CCC(C)(C)C)CC1. The molecule has 1 amide bonds. The Balaban J connectivity index is 1.86. The van der Waals surface area contributed by atoms with E-state index in [1.165, 1.54) is 5.56 Å². The van der Waals surface area contributed by atoms with Crippen LogP contribution in [0.4, 0.5) is 5.82 Å². The van der Waals surface area contributed by atoms with Crippen LogP contribution in [-0.2, 0) is 4.79 Å². The smallest absolute Gasteiger partial charge is 0.222 e. The molecule has 0 N–H and O–H groups in total. The van der Waals surface area contributed by atoms with Gasteiger partial charge in [-0.05, 0) is 30.4 Å². The Morgan fingerprint density at radius 1 is 1.24 bits per heavy atom. The van der Waals surface area contributed by atoms with Gasteiger partial charge in [-0.1, -0.05) is 26.8 Å². The van der Waals surface area contributed by atoms with Crippen molar-refractivity contribution in [3.05, 3.63) is 23.9 Å². The second-order valence-corrected chi connectivity index (χ2v) is 7.07. The maximum Gasteiger partial charge on any atom is 0.222 e. The molecule has 0 aliphatic carbocycles. The largest absolute Gasteiger partial charge is 0.353 e. The predicted octanol–water partition coefficient (Wildman–Crippen LogP) is 2.86. The third-order valence-electron chi connectivity index (χ3n) is 4.00. The predicted molar refractivity (Wildman–Crippen MR) is 86.5 cm³/mol. The van der Waals surface area contributed by atoms with E-state index >= 15 is 0 Å². The lowest BCUT2D eigenvalue weighted by atomic mass is 9.90. The van der Waals surface area contributed by atoms with Crippen LogP contribution in [0.25, 0.3) is 0 Å². The monoisotopic (exact) mass is 289 g/mol. The fourth-order valence-electron chi connectivity index (χ4n) is 2.62. The van der Waals surface area contributed by atoms with E-state index in [0.29, 0.717) is 12.3 Å². The van der Waals surface area contributed by atoms with Gasteiger partial charge in [0.1, 0.15) is 5.82 Å². The number of nitrogens with zero attached hydrogens (tertiary/aromatic N) is 3. The molecule has 0 saturated carbocycles. The van der Waals surface area contributed by atoms with E-state index in [-0.39, 0.29) is 5.41 Å². The molecule has 1 saturated heterocycles. The lowest BCUT2D eigenvalue weighted by Crippen LogP contribution is -2.49. The van der Waals surface area contributed by atoms with Crippen molar-refractivity contribution in [2.24, 2.45) is 5.41 Å². The minimum absolute atomic E-state index is 0.225. The lowest BCUT2D eigenvalue weighted by Gasteiger charge is -2.36. The normalized spacial score (nSPS) is 16.2. The van der Waals surface area contributed by atoms with Crippen LogP contribution in [0, 0.1) is 12.3 Å². The molecular weight excluding hydrogens is 262 g/mol. The van der Waals surface area contributed by atoms with Crippen LogP contribution in [0.5, 0.6) is 0 Å². The number of aryl methyl sites for hydroxylation is 1. The molecule has 0 unspecified atom stereocenters. The number of carbonyl (C=O) groups is 1. The van der Waals surface area contributed by atoms with Gasteiger partial charge in [-0.2, -0.15) is 0 Å². The van der Waals surface area contributed by atoms with Crippen LogP contribution < -0.4 is 4.90 Å². The highest BCUT2D eigenvalue weighted by atomic mass is 16.2. The summed E-state index contributed by atoms with van der Waals surface area (Å²) in [5.74, 6) is 1.35. The summed E-state index contributed by atoms with van der Waals surface area (Å²) in [5.41, 5.74) is 1.42. The summed E-state index contributed by atoms with van der Waals surface area (Å²) in [5, 5.41) is 0. The van der Waals surface area contributed by atoms with E-state index in [1.807, 2.05) is 17.2 Å². The summed E-state index contributed by atoms with van der Waals surface area (Å²) in [6.07, 6.45) is 3.45. The molecule has 116 valence electrons. The highest BCUT2D eigenvalue weighted by Gasteiger charge is 2.23. The Labute approximate surface area is 128 Å². The Morgan fingerprint density at radius 2 is 1.90 bits per heavy atom. The molecule has 2 heterocycles. The van der Waals surface area contributed by atoms with Gasteiger partial charge in [0.15, 0.2) is 0 Å². The number of aromatic nitrogens is 1. The Kier molecular flexibility index (Phi) is 4.86. The summed E-state index contributed by atoms with van der Waals surface area (Å²) in [6, 6.07) is 4.05. The van der Waals surface area contributed by atoms with E-state index in [2.05, 4.69) is 43.6 Å². The Hall–Kier alpha value is -1.58. The molecule has 0 spiro atoms. The second-order valence-electron chi connectivity index (χ2n) is 7.07. The summed E-state index contributed by atoms with van der Waals surface area (Å²) >= 11 is 0. The molecule has 21 heavy (non-hydrogen) atoms. The molecule has 2 rings (SSSR count). The molecule has 1 aromatic rings. The quantitative estimate of drug-likeness (QED) is 0.858. The molecule has 1 fully saturated rings. The van der Waals surface area contributed by atoms with Crippen LogP contribution in [0.15, 0.2) is 18.3 Å². The third-order valence-corrected chi connectivity index (χ3v) is 4.00. The van der Waals surface area contributed by atoms with Crippen LogP contribution in [-0.4, -0.2) is 42.0 Å². The number of anilines is 1. The molecule has 1 aromatic heterocycles. The number of carbonyl (C=O) groups excluding carboxylic acids is 1. The topological polar surface area (TPSA) is 36.4 Å². The van der Waals surface area contributed by atoms with Gasteiger partial charge in [0.2, 0.25) is 5.91 Å². The number of hydrogen-bond donors (Lipinski definition) is 0. The van der Waals surface area contributed by atoms with Crippen molar-refractivity contribution in [3.63, 3.8) is 0 Å². The van der Waals surface area contributed by atoms with Crippen molar-refractivity contribution < 1.29 is 4.79 Å². The molecule has 0 radical (unpaired) electrons. The minimum Gasteiger partial charge on any atom is -0.353 e. The summed E-state index contributed by atoms with van der Waals surface area (Å²) < 4.78 is 0. The maximum atomic E-state index is 12.2. The van der Waals surface area contributed by atoms with Gasteiger partial charge in [-0.15, -0.1) is 0 Å². The Bertz CT molecular complexity index is 485. The molecule has 0 atom stereocenters. The van der Waals surface area contributed by atoms with Crippen molar-refractivity contribution in [2.75, 3.05) is 31.1 Å². The number of hydrogen-bond acceptors (Lipinski definition) is 3. The van der Waals surface area contributed by atoms with Crippen molar-refractivity contribution >= 4 is 11.7 Å². The van der Waals surface area contributed by atoms with Crippen LogP contribution in [0.1, 0.15) is 39.2 Å². The van der Waals surface area contributed by atoms with Crippen LogP contribution in [0.2, 0.25) is 0 Å². The van der Waals surface area contributed by atoms with Gasteiger partial charge in [0, 0.05) is 38.8 Å². The lowest BCUT2D eigenvalue weighted by molar-refractivity contribution is -0.132. The van der Waals surface area contributed by atoms with Crippen molar-refractivity contribution in [2.45, 2.75) is 40.5 Å². The fourth-order valence-corrected chi connectivity index (χ4v) is 2.62. The third kappa shape index (κ3) is 4.45. The van der Waals surface area contributed by atoms with E-state index in [4.69, 9.17) is 0 Å². The summed E-state index contributed by atoms with van der Waals surface area (Å²) in [6.45, 7) is 12.0. The molecule has 4 heteroatoms. The van der Waals surface area contributed by atoms with Crippen molar-refractivity contribution in [1.29, 1.82) is 0 Å². The molecule has 1 aliphatic rings. The average molecular weight is 289 g/mol. The molecular formula is C17H27N3O. The number of piperazine rings is 1. The van der Waals surface area contributed by atoms with E-state index in [1.54, 1.807) is 0 Å². The minimum atomic E-state index is 0.225. The maximum absolute atomic E-state index is 12.2. The first kappa shape index (κ1) is 15.8. The number of pyridine rings is 1. The highest BCUT2D eigenvalue weighted by Crippen LogP contribution is 2.22. The van der Waals surface area contributed by atoms with Gasteiger partial charge in [0.25, 0.3) is 0 Å². The van der Waals surface area contributed by atoms with E-state index < -0.39 is 0 Å². The van der Waals surface area contributed by atoms with Crippen molar-refractivity contribution in [3.8, 4) is 0 Å². The van der Waals surface area contributed by atoms with E-state index in [9.17, 15) is 4.79 Å². The zero-order chi connectivity index (χ0) is 15.5. The second kappa shape index (κ2) is 6.46.